The second-order valence-electron chi connectivity index (χ2n) is 6.29. The summed E-state index contributed by atoms with van der Waals surface area (Å²) in [4.78, 5) is 15.0. The van der Waals surface area contributed by atoms with E-state index < -0.39 is 7.12 Å². The normalized spacial score (nSPS) is 12.7. The second-order valence-corrected chi connectivity index (χ2v) is 6.29. The molecule has 0 aromatic heterocycles. The first-order chi connectivity index (χ1) is 12.7. The number of hydrogen-bond donors (Lipinski definition) is 1. The van der Waals surface area contributed by atoms with Gasteiger partial charge >= 0.3 is 7.12 Å². The van der Waals surface area contributed by atoms with E-state index in [0.29, 0.717) is 24.2 Å². The van der Waals surface area contributed by atoms with Crippen LogP contribution in [0.15, 0.2) is 78.9 Å². The Hall–Kier alpha value is -2.89. The molecule has 0 unspecified atom stereocenters. The fourth-order valence-electron chi connectivity index (χ4n) is 3.16. The molecule has 0 bridgehead atoms. The maximum atomic E-state index is 13.3. The smallest absolute Gasteiger partial charge is 0.423 e. The van der Waals surface area contributed by atoms with Gasteiger partial charge in [0.2, 0.25) is 0 Å². The van der Waals surface area contributed by atoms with Gasteiger partial charge in [0.25, 0.3) is 5.91 Å². The second kappa shape index (κ2) is 7.16. The Kier molecular flexibility index (Phi) is 4.56. The van der Waals surface area contributed by atoms with Crippen LogP contribution in [-0.4, -0.2) is 18.0 Å². The van der Waals surface area contributed by atoms with Gasteiger partial charge in [-0.3, -0.25) is 4.79 Å². The van der Waals surface area contributed by atoms with Crippen LogP contribution in [0.3, 0.4) is 0 Å². The van der Waals surface area contributed by atoms with Gasteiger partial charge in [-0.2, -0.15) is 0 Å². The van der Waals surface area contributed by atoms with Gasteiger partial charge in [-0.25, -0.2) is 0 Å². The van der Waals surface area contributed by atoms with E-state index >= 15 is 0 Å². The fraction of sp³-hybridized carbons (Fsp3) is 0.0952. The molecule has 0 aliphatic carbocycles. The number of anilines is 1. The van der Waals surface area contributed by atoms with Crippen LogP contribution >= 0.6 is 0 Å². The fourth-order valence-corrected chi connectivity index (χ4v) is 3.16. The van der Waals surface area contributed by atoms with Crippen molar-refractivity contribution < 1.29 is 14.5 Å². The molecule has 0 radical (unpaired) electrons. The van der Waals surface area contributed by atoms with E-state index in [-0.39, 0.29) is 5.91 Å². The Morgan fingerprint density at radius 3 is 2.42 bits per heavy atom. The molecule has 1 N–H and O–H groups in total. The summed E-state index contributed by atoms with van der Waals surface area (Å²) in [5.74, 6) is -0.109. The first-order valence-corrected chi connectivity index (χ1v) is 8.56. The molecule has 0 fully saturated rings. The zero-order valence-electron chi connectivity index (χ0n) is 14.2. The SMILES string of the molecule is O=C(c1ccc2c(c1)B(O)OC2)N(Cc1ccccc1)c1ccccc1. The van der Waals surface area contributed by atoms with E-state index in [0.717, 1.165) is 16.8 Å². The Bertz CT molecular complexity index is 915. The van der Waals surface area contributed by atoms with Crippen LogP contribution in [0.4, 0.5) is 5.69 Å². The Labute approximate surface area is 152 Å². The molecule has 1 amide bonds. The lowest BCUT2D eigenvalue weighted by Crippen LogP contribution is -2.33. The van der Waals surface area contributed by atoms with Crippen LogP contribution in [0.2, 0.25) is 0 Å². The highest BCUT2D eigenvalue weighted by Crippen LogP contribution is 2.21. The van der Waals surface area contributed by atoms with Gasteiger partial charge in [-0.05, 0) is 40.9 Å². The molecule has 3 aromatic carbocycles. The summed E-state index contributed by atoms with van der Waals surface area (Å²) < 4.78 is 5.23. The molecule has 128 valence electrons. The quantitative estimate of drug-likeness (QED) is 0.741. The summed E-state index contributed by atoms with van der Waals surface area (Å²) in [7, 11) is -0.961. The van der Waals surface area contributed by atoms with Crippen LogP contribution in [0, 0.1) is 0 Å². The Morgan fingerprint density at radius 2 is 1.69 bits per heavy atom. The highest BCUT2D eigenvalue weighted by Gasteiger charge is 2.29. The molecule has 0 saturated heterocycles. The average molecular weight is 343 g/mol. The molecule has 0 saturated carbocycles. The highest BCUT2D eigenvalue weighted by molar-refractivity contribution is 6.61. The number of carbonyl (C=O) groups is 1. The number of amides is 1. The van der Waals surface area contributed by atoms with Crippen LogP contribution in [-0.2, 0) is 17.8 Å². The lowest BCUT2D eigenvalue weighted by Gasteiger charge is -2.23. The highest BCUT2D eigenvalue weighted by atomic mass is 16.5. The summed E-state index contributed by atoms with van der Waals surface area (Å²) >= 11 is 0. The number of rotatable bonds is 4. The van der Waals surface area contributed by atoms with Crippen molar-refractivity contribution in [1.82, 2.24) is 0 Å². The lowest BCUT2D eigenvalue weighted by atomic mass is 9.78. The van der Waals surface area contributed by atoms with Crippen LogP contribution in [0.1, 0.15) is 21.5 Å². The summed E-state index contributed by atoms with van der Waals surface area (Å²) in [6, 6.07) is 24.9. The number of hydrogen-bond acceptors (Lipinski definition) is 3. The minimum absolute atomic E-state index is 0.109. The molecular formula is C21H18BNO3. The molecule has 4 nitrogen and oxygen atoms in total. The molecule has 4 rings (SSSR count). The zero-order valence-corrected chi connectivity index (χ0v) is 14.2. The molecule has 1 aliphatic heterocycles. The van der Waals surface area contributed by atoms with E-state index in [1.165, 1.54) is 0 Å². The first kappa shape index (κ1) is 16.6. The topological polar surface area (TPSA) is 49.8 Å². The van der Waals surface area contributed by atoms with E-state index in [1.807, 2.05) is 66.7 Å². The van der Waals surface area contributed by atoms with Gasteiger partial charge in [0.15, 0.2) is 0 Å². The Morgan fingerprint density at radius 1 is 1.00 bits per heavy atom. The molecule has 1 heterocycles. The molecule has 26 heavy (non-hydrogen) atoms. The van der Waals surface area contributed by atoms with Crippen molar-refractivity contribution in [3.8, 4) is 0 Å². The summed E-state index contributed by atoms with van der Waals surface area (Å²) in [5.41, 5.74) is 4.01. The van der Waals surface area contributed by atoms with E-state index in [4.69, 9.17) is 4.65 Å². The number of para-hydroxylation sites is 1. The molecule has 0 atom stereocenters. The van der Waals surface area contributed by atoms with Gasteiger partial charge in [0, 0.05) is 11.3 Å². The maximum absolute atomic E-state index is 13.3. The maximum Gasteiger partial charge on any atom is 0.491 e. The van der Waals surface area contributed by atoms with Crippen molar-refractivity contribution in [3.63, 3.8) is 0 Å². The third kappa shape index (κ3) is 3.27. The van der Waals surface area contributed by atoms with Crippen molar-refractivity contribution in [2.45, 2.75) is 13.2 Å². The zero-order chi connectivity index (χ0) is 17.9. The molecular weight excluding hydrogens is 325 g/mol. The Balaban J connectivity index is 1.69. The molecule has 5 heteroatoms. The molecule has 0 spiro atoms. The minimum Gasteiger partial charge on any atom is -0.423 e. The van der Waals surface area contributed by atoms with Crippen molar-refractivity contribution in [2.75, 3.05) is 4.90 Å². The number of nitrogens with zero attached hydrogens (tertiary/aromatic N) is 1. The van der Waals surface area contributed by atoms with Crippen LogP contribution in [0.25, 0.3) is 0 Å². The van der Waals surface area contributed by atoms with Gasteiger partial charge in [0.05, 0.1) is 13.2 Å². The van der Waals surface area contributed by atoms with E-state index in [1.54, 1.807) is 17.0 Å². The molecule has 1 aliphatic rings. The third-order valence-electron chi connectivity index (χ3n) is 4.55. The van der Waals surface area contributed by atoms with Gasteiger partial charge in [-0.15, -0.1) is 0 Å². The summed E-state index contributed by atoms with van der Waals surface area (Å²) in [6.45, 7) is 0.844. The van der Waals surface area contributed by atoms with Gasteiger partial charge in [0.1, 0.15) is 0 Å². The largest absolute Gasteiger partial charge is 0.491 e. The average Bonchev–Trinajstić information content (AvgIpc) is 3.07. The van der Waals surface area contributed by atoms with Crippen molar-refractivity contribution in [2.24, 2.45) is 0 Å². The standard InChI is InChI=1S/C21H18BNO3/c24-21(17-11-12-18-15-26-22(25)20(18)13-17)23(19-9-5-2-6-10-19)14-16-7-3-1-4-8-16/h1-13,25H,14-15H2. The van der Waals surface area contributed by atoms with E-state index in [2.05, 4.69) is 0 Å². The first-order valence-electron chi connectivity index (χ1n) is 8.56. The summed E-state index contributed by atoms with van der Waals surface area (Å²) in [6.07, 6.45) is 0. The predicted octanol–water partition coefficient (Wildman–Crippen LogP) is 2.75. The van der Waals surface area contributed by atoms with E-state index in [9.17, 15) is 9.82 Å². The lowest BCUT2D eigenvalue weighted by molar-refractivity contribution is 0.0985. The van der Waals surface area contributed by atoms with Gasteiger partial charge in [-0.1, -0.05) is 54.6 Å². The molecule has 3 aromatic rings. The van der Waals surface area contributed by atoms with Crippen molar-refractivity contribution >= 4 is 24.2 Å². The predicted molar refractivity (Wildman–Crippen MR) is 102 cm³/mol. The van der Waals surface area contributed by atoms with Gasteiger partial charge < -0.3 is 14.6 Å². The van der Waals surface area contributed by atoms with Crippen molar-refractivity contribution in [1.29, 1.82) is 0 Å². The monoisotopic (exact) mass is 343 g/mol. The summed E-state index contributed by atoms with van der Waals surface area (Å²) in [5, 5.41) is 9.93. The number of fused-ring (bicyclic) bond motifs is 1. The van der Waals surface area contributed by atoms with Crippen LogP contribution < -0.4 is 10.4 Å². The number of carbonyl (C=O) groups excluding carboxylic acids is 1. The van der Waals surface area contributed by atoms with Crippen LogP contribution in [0.5, 0.6) is 0 Å². The van der Waals surface area contributed by atoms with Crippen molar-refractivity contribution in [3.05, 3.63) is 95.6 Å². The number of benzene rings is 3. The third-order valence-corrected chi connectivity index (χ3v) is 4.55. The minimum atomic E-state index is -0.961.